The molecule has 0 saturated carbocycles. The minimum atomic E-state index is 0.454. The lowest BCUT2D eigenvalue weighted by molar-refractivity contribution is 0.803. The summed E-state index contributed by atoms with van der Waals surface area (Å²) < 4.78 is 0. The van der Waals surface area contributed by atoms with Crippen molar-refractivity contribution in [2.45, 2.75) is 18.1 Å². The summed E-state index contributed by atoms with van der Waals surface area (Å²) in [6.07, 6.45) is 5.86. The third-order valence-electron chi connectivity index (χ3n) is 2.17. The van der Waals surface area contributed by atoms with E-state index in [1.165, 1.54) is 18.6 Å². The maximum Gasteiger partial charge on any atom is 0.171 e. The van der Waals surface area contributed by atoms with Crippen LogP contribution in [0.2, 0.25) is 5.15 Å². The average molecular weight is 230 g/mol. The molecule has 1 aliphatic rings. The standard InChI is InChI=1S/C9H12ClN3S/c10-8-9(12-4-3-11-8)13-6-7-2-1-5-14-7/h3-4,7H,1-2,5-6H2,(H,12,13). The Hall–Kier alpha value is -0.480. The minimum absolute atomic E-state index is 0.454. The first-order valence-electron chi connectivity index (χ1n) is 4.68. The number of aromatic nitrogens is 2. The number of hydrogen-bond donors (Lipinski definition) is 1. The normalized spacial score (nSPS) is 21.1. The highest BCUT2D eigenvalue weighted by Crippen LogP contribution is 2.26. The van der Waals surface area contributed by atoms with Crippen LogP contribution in [-0.2, 0) is 0 Å². The SMILES string of the molecule is Clc1nccnc1NCC1CCCS1. The second kappa shape index (κ2) is 4.84. The first kappa shape index (κ1) is 10.1. The van der Waals surface area contributed by atoms with Crippen molar-refractivity contribution in [3.63, 3.8) is 0 Å². The number of hydrogen-bond acceptors (Lipinski definition) is 4. The topological polar surface area (TPSA) is 37.8 Å². The van der Waals surface area contributed by atoms with Gasteiger partial charge >= 0.3 is 0 Å². The number of nitrogens with zero attached hydrogens (tertiary/aromatic N) is 2. The van der Waals surface area contributed by atoms with Crippen LogP contribution in [0.5, 0.6) is 0 Å². The first-order chi connectivity index (χ1) is 6.86. The molecule has 3 nitrogen and oxygen atoms in total. The van der Waals surface area contributed by atoms with E-state index in [1.807, 2.05) is 11.8 Å². The maximum atomic E-state index is 5.87. The highest BCUT2D eigenvalue weighted by Gasteiger charge is 2.15. The number of rotatable bonds is 3. The Morgan fingerprint density at radius 2 is 2.36 bits per heavy atom. The first-order valence-corrected chi connectivity index (χ1v) is 6.11. The van der Waals surface area contributed by atoms with Gasteiger partial charge < -0.3 is 5.32 Å². The van der Waals surface area contributed by atoms with E-state index in [1.54, 1.807) is 12.4 Å². The highest BCUT2D eigenvalue weighted by molar-refractivity contribution is 8.00. The van der Waals surface area contributed by atoms with Crippen LogP contribution in [-0.4, -0.2) is 27.5 Å². The summed E-state index contributed by atoms with van der Waals surface area (Å²) in [5.74, 6) is 1.97. The van der Waals surface area contributed by atoms with Gasteiger partial charge in [-0.15, -0.1) is 0 Å². The molecule has 1 fully saturated rings. The Morgan fingerprint density at radius 3 is 3.07 bits per heavy atom. The molecule has 0 aromatic carbocycles. The van der Waals surface area contributed by atoms with Gasteiger partial charge in [0.2, 0.25) is 0 Å². The van der Waals surface area contributed by atoms with Crippen LogP contribution in [0.15, 0.2) is 12.4 Å². The summed E-state index contributed by atoms with van der Waals surface area (Å²) in [7, 11) is 0. The Morgan fingerprint density at radius 1 is 1.50 bits per heavy atom. The number of halogens is 1. The van der Waals surface area contributed by atoms with Crippen molar-refractivity contribution in [3.05, 3.63) is 17.5 Å². The molecule has 1 aromatic heterocycles. The average Bonchev–Trinajstić information content (AvgIpc) is 2.69. The molecule has 0 bridgehead atoms. The van der Waals surface area contributed by atoms with Crippen LogP contribution < -0.4 is 5.32 Å². The van der Waals surface area contributed by atoms with Crippen molar-refractivity contribution in [2.24, 2.45) is 0 Å². The van der Waals surface area contributed by atoms with Crippen LogP contribution >= 0.6 is 23.4 Å². The lowest BCUT2D eigenvalue weighted by Crippen LogP contribution is -2.14. The molecule has 14 heavy (non-hydrogen) atoms. The minimum Gasteiger partial charge on any atom is -0.366 e. The Bertz CT molecular complexity index is 302. The summed E-state index contributed by atoms with van der Waals surface area (Å²) >= 11 is 7.88. The fourth-order valence-corrected chi connectivity index (χ4v) is 2.83. The maximum absolute atomic E-state index is 5.87. The van der Waals surface area contributed by atoms with E-state index in [4.69, 9.17) is 11.6 Å². The number of anilines is 1. The summed E-state index contributed by atoms with van der Waals surface area (Å²) in [5.41, 5.74) is 0. The molecule has 0 spiro atoms. The monoisotopic (exact) mass is 229 g/mol. The smallest absolute Gasteiger partial charge is 0.171 e. The van der Waals surface area contributed by atoms with Crippen LogP contribution in [0.1, 0.15) is 12.8 Å². The molecule has 1 aliphatic heterocycles. The third-order valence-corrected chi connectivity index (χ3v) is 3.85. The summed E-state index contributed by atoms with van der Waals surface area (Å²) in [6, 6.07) is 0. The highest BCUT2D eigenvalue weighted by atomic mass is 35.5. The van der Waals surface area contributed by atoms with Gasteiger partial charge in [0.25, 0.3) is 0 Å². The van der Waals surface area contributed by atoms with E-state index in [2.05, 4.69) is 15.3 Å². The largest absolute Gasteiger partial charge is 0.366 e. The Kier molecular flexibility index (Phi) is 3.48. The molecule has 0 radical (unpaired) electrons. The summed E-state index contributed by atoms with van der Waals surface area (Å²) in [6.45, 7) is 0.934. The fraction of sp³-hybridized carbons (Fsp3) is 0.556. The lowest BCUT2D eigenvalue weighted by Gasteiger charge is -2.10. The number of nitrogens with one attached hydrogen (secondary N) is 1. The predicted molar refractivity (Wildman–Crippen MR) is 61.0 cm³/mol. The molecule has 1 atom stereocenters. The van der Waals surface area contributed by atoms with Gasteiger partial charge in [-0.3, -0.25) is 0 Å². The van der Waals surface area contributed by atoms with E-state index in [9.17, 15) is 0 Å². The summed E-state index contributed by atoms with van der Waals surface area (Å²) in [5, 5.41) is 4.38. The van der Waals surface area contributed by atoms with Crippen LogP contribution in [0, 0.1) is 0 Å². The Labute approximate surface area is 92.7 Å². The zero-order valence-corrected chi connectivity index (χ0v) is 9.31. The van der Waals surface area contributed by atoms with Gasteiger partial charge in [0.15, 0.2) is 11.0 Å². The Balaban J connectivity index is 1.88. The zero-order valence-electron chi connectivity index (χ0n) is 7.74. The molecule has 76 valence electrons. The molecule has 1 unspecified atom stereocenters. The van der Waals surface area contributed by atoms with Crippen molar-refractivity contribution < 1.29 is 0 Å². The second-order valence-electron chi connectivity index (χ2n) is 3.21. The molecular weight excluding hydrogens is 218 g/mol. The van der Waals surface area contributed by atoms with Gasteiger partial charge in [-0.1, -0.05) is 11.6 Å². The van der Waals surface area contributed by atoms with E-state index in [-0.39, 0.29) is 0 Å². The van der Waals surface area contributed by atoms with E-state index >= 15 is 0 Å². The predicted octanol–water partition coefficient (Wildman–Crippen LogP) is 2.44. The molecule has 0 aliphatic carbocycles. The van der Waals surface area contributed by atoms with Crippen molar-refractivity contribution >= 4 is 29.2 Å². The van der Waals surface area contributed by atoms with Gasteiger partial charge in [0, 0.05) is 24.2 Å². The zero-order chi connectivity index (χ0) is 9.80. The van der Waals surface area contributed by atoms with Crippen LogP contribution in [0.25, 0.3) is 0 Å². The van der Waals surface area contributed by atoms with Gasteiger partial charge in [-0.05, 0) is 18.6 Å². The lowest BCUT2D eigenvalue weighted by atomic mass is 10.2. The number of thioether (sulfide) groups is 1. The molecular formula is C9H12ClN3S. The third kappa shape index (κ3) is 2.51. The molecule has 1 aromatic rings. The van der Waals surface area contributed by atoms with E-state index in [0.29, 0.717) is 16.2 Å². The van der Waals surface area contributed by atoms with Crippen molar-refractivity contribution in [1.29, 1.82) is 0 Å². The van der Waals surface area contributed by atoms with Crippen LogP contribution in [0.4, 0.5) is 5.82 Å². The molecule has 0 amide bonds. The molecule has 2 rings (SSSR count). The van der Waals surface area contributed by atoms with Crippen molar-refractivity contribution in [1.82, 2.24) is 9.97 Å². The van der Waals surface area contributed by atoms with Gasteiger partial charge in [-0.2, -0.15) is 11.8 Å². The summed E-state index contributed by atoms with van der Waals surface area (Å²) in [4.78, 5) is 8.08. The van der Waals surface area contributed by atoms with Gasteiger partial charge in [0.05, 0.1) is 0 Å². The fourth-order valence-electron chi connectivity index (χ4n) is 1.46. The molecule has 1 N–H and O–H groups in total. The van der Waals surface area contributed by atoms with Crippen molar-refractivity contribution in [3.8, 4) is 0 Å². The second-order valence-corrected chi connectivity index (χ2v) is 4.98. The van der Waals surface area contributed by atoms with Gasteiger partial charge in [0.1, 0.15) is 0 Å². The van der Waals surface area contributed by atoms with Gasteiger partial charge in [-0.25, -0.2) is 9.97 Å². The molecule has 2 heterocycles. The molecule has 1 saturated heterocycles. The van der Waals surface area contributed by atoms with Crippen molar-refractivity contribution in [2.75, 3.05) is 17.6 Å². The van der Waals surface area contributed by atoms with E-state index in [0.717, 1.165) is 6.54 Å². The van der Waals surface area contributed by atoms with E-state index < -0.39 is 0 Å². The van der Waals surface area contributed by atoms with Crippen LogP contribution in [0.3, 0.4) is 0 Å². The quantitative estimate of drug-likeness (QED) is 0.864. The molecule has 5 heteroatoms.